The number of carbonyl (C=O) groups is 4. The van der Waals surface area contributed by atoms with Gasteiger partial charge in [0.2, 0.25) is 0 Å². The van der Waals surface area contributed by atoms with Gasteiger partial charge in [-0.25, -0.2) is 8.78 Å². The van der Waals surface area contributed by atoms with E-state index < -0.39 is 128 Å². The van der Waals surface area contributed by atoms with Crippen LogP contribution in [0.15, 0.2) is 0 Å². The van der Waals surface area contributed by atoms with E-state index in [0.29, 0.717) is 98.5 Å². The highest BCUT2D eigenvalue weighted by atomic mass is 19.4. The lowest BCUT2D eigenvalue weighted by Gasteiger charge is -2.39. The van der Waals surface area contributed by atoms with Gasteiger partial charge in [0.1, 0.15) is 6.61 Å². The van der Waals surface area contributed by atoms with Crippen LogP contribution in [0.25, 0.3) is 0 Å². The van der Waals surface area contributed by atoms with Gasteiger partial charge in [0.25, 0.3) is 0 Å². The van der Waals surface area contributed by atoms with Crippen molar-refractivity contribution in [3.05, 3.63) is 0 Å². The number of carboxylic acid groups (broad SMARTS) is 1. The highest BCUT2D eigenvalue weighted by molar-refractivity contribution is 5.81. The molecule has 4 atom stereocenters. The quantitative estimate of drug-likeness (QED) is 0.0225. The van der Waals surface area contributed by atoms with Crippen molar-refractivity contribution in [1.29, 1.82) is 0 Å². The highest BCUT2D eigenvalue weighted by Crippen LogP contribution is 2.58. The summed E-state index contributed by atoms with van der Waals surface area (Å²) in [5.74, 6) is -45.2. The molecule has 0 saturated carbocycles. The van der Waals surface area contributed by atoms with Crippen molar-refractivity contribution in [1.82, 2.24) is 0 Å². The van der Waals surface area contributed by atoms with E-state index in [9.17, 15) is 77.0 Å². The number of alkyl halides is 12. The number of hydrogen-bond donors (Lipinski definition) is 3. The predicted octanol–water partition coefficient (Wildman–Crippen LogP) is 8.60. The summed E-state index contributed by atoms with van der Waals surface area (Å²) in [6.45, 7) is 8.56. The summed E-state index contributed by atoms with van der Waals surface area (Å²) < 4.78 is 219. The molecule has 0 bridgehead atoms. The number of esters is 3. The van der Waals surface area contributed by atoms with E-state index in [0.717, 1.165) is 32.6 Å². The first kappa shape index (κ1) is 75.7. The van der Waals surface area contributed by atoms with Crippen LogP contribution in [0.3, 0.4) is 0 Å². The van der Waals surface area contributed by atoms with Crippen LogP contribution in [0.4, 0.5) is 52.7 Å². The molecule has 0 aliphatic rings. The number of aliphatic hydroxyl groups excluding tert-OH is 2. The summed E-state index contributed by atoms with van der Waals surface area (Å²) in [4.78, 5) is 52.1. The van der Waals surface area contributed by atoms with Gasteiger partial charge in [-0.15, -0.1) is 0 Å². The fourth-order valence-electron chi connectivity index (χ4n) is 7.34. The average Bonchev–Trinajstić information content (AvgIpc) is 3.42. The van der Waals surface area contributed by atoms with E-state index in [1.54, 1.807) is 0 Å². The maximum Gasteiger partial charge on any atom is 0.384 e. The van der Waals surface area contributed by atoms with Crippen LogP contribution >= 0.6 is 0 Å². The first-order valence-electron chi connectivity index (χ1n) is 26.2. The number of halogens is 12. The van der Waals surface area contributed by atoms with Crippen molar-refractivity contribution in [2.45, 2.75) is 147 Å². The molecule has 29 heteroatoms. The van der Waals surface area contributed by atoms with Crippen LogP contribution in [0.5, 0.6) is 0 Å². The molecule has 0 aromatic rings. The van der Waals surface area contributed by atoms with Gasteiger partial charge in [-0.3, -0.25) is 19.2 Å². The van der Waals surface area contributed by atoms with Crippen LogP contribution in [0, 0.1) is 22.7 Å². The molecule has 0 heterocycles. The molecule has 0 aliphatic carbocycles. The van der Waals surface area contributed by atoms with Gasteiger partial charge in [-0.1, -0.05) is 13.8 Å². The Morgan fingerprint density at radius 1 is 0.443 bits per heavy atom. The van der Waals surface area contributed by atoms with Gasteiger partial charge in [0, 0.05) is 106 Å². The van der Waals surface area contributed by atoms with Crippen molar-refractivity contribution >= 4 is 23.9 Å². The van der Waals surface area contributed by atoms with Crippen LogP contribution in [0.1, 0.15) is 111 Å². The van der Waals surface area contributed by atoms with Crippen LogP contribution in [0.2, 0.25) is 0 Å². The number of aliphatic hydroxyl groups is 2. The van der Waals surface area contributed by atoms with Gasteiger partial charge in [0.05, 0.1) is 48.9 Å². The molecule has 0 fully saturated rings. The Morgan fingerprint density at radius 3 is 1.15 bits per heavy atom. The average molecular weight is 1180 g/mol. The molecule has 468 valence electrons. The van der Waals surface area contributed by atoms with E-state index in [4.69, 9.17) is 52.8 Å². The minimum absolute atomic E-state index is 0.0858. The summed E-state index contributed by atoms with van der Waals surface area (Å²) in [6.07, 6.45) is -5.74. The number of hydrogen-bond acceptors (Lipinski definition) is 16. The molecule has 0 aliphatic heterocycles. The summed E-state index contributed by atoms with van der Waals surface area (Å²) >= 11 is 0. The third kappa shape index (κ3) is 27.1. The Bertz CT molecular complexity index is 1670. The van der Waals surface area contributed by atoms with Gasteiger partial charge in [0.15, 0.2) is 0 Å². The molecule has 0 rings (SSSR count). The fourth-order valence-corrected chi connectivity index (χ4v) is 7.34. The molecular weight excluding hydrogens is 1100 g/mol. The number of aliphatic carboxylic acids is 1. The summed E-state index contributed by atoms with van der Waals surface area (Å²) in [5, 5.41) is 27.9. The largest absolute Gasteiger partial charge is 0.481 e. The fraction of sp³-hybridized carbons (Fsp3) is 0.920. The Labute approximate surface area is 453 Å². The molecule has 4 unspecified atom stereocenters. The normalized spacial score (nSPS) is 15.1. The second-order valence-electron chi connectivity index (χ2n) is 19.1. The van der Waals surface area contributed by atoms with Gasteiger partial charge >= 0.3 is 59.9 Å². The monoisotopic (exact) mass is 1180 g/mol. The van der Waals surface area contributed by atoms with E-state index in [1.165, 1.54) is 20.8 Å². The zero-order chi connectivity index (χ0) is 60.2. The molecule has 0 spiro atoms. The molecule has 79 heavy (non-hydrogen) atoms. The van der Waals surface area contributed by atoms with Gasteiger partial charge in [-0.05, 0) is 84.5 Å². The maximum absolute atomic E-state index is 14.6. The third-order valence-corrected chi connectivity index (χ3v) is 12.2. The SMILES string of the molecule is CCC(C)(CC(CC(C)(CC(C)C(=O)OCCCOCCCOCCCOCCCOCCCOCCCOCCCOCCCO)C(=O)OCCC(F)(F)C(F)(F)C(F)(F)C(F)(F)C(F)(F)C(F)F)C(=O)O)C(=O)OCCO. The van der Waals surface area contributed by atoms with Crippen molar-refractivity contribution in [2.75, 3.05) is 126 Å². The molecular formula is C50H82F12O17. The molecule has 0 aromatic carbocycles. The lowest BCUT2D eigenvalue weighted by Crippen LogP contribution is -2.68. The summed E-state index contributed by atoms with van der Waals surface area (Å²) in [6, 6.07) is 0. The van der Waals surface area contributed by atoms with Crippen LogP contribution < -0.4 is 0 Å². The predicted molar refractivity (Wildman–Crippen MR) is 256 cm³/mol. The Morgan fingerprint density at radius 2 is 0.797 bits per heavy atom. The Hall–Kier alpha value is -3.32. The molecule has 3 N–H and O–H groups in total. The lowest BCUT2D eigenvalue weighted by molar-refractivity contribution is -0.413. The van der Waals surface area contributed by atoms with Crippen molar-refractivity contribution in [3.8, 4) is 0 Å². The first-order chi connectivity index (χ1) is 37.0. The highest BCUT2D eigenvalue weighted by Gasteiger charge is 2.87. The number of carbonyl (C=O) groups excluding carboxylic acids is 3. The van der Waals surface area contributed by atoms with Crippen molar-refractivity contribution < 1.29 is 135 Å². The smallest absolute Gasteiger partial charge is 0.384 e. The Balaban J connectivity index is 5.00. The molecule has 17 nitrogen and oxygen atoms in total. The number of rotatable bonds is 52. The zero-order valence-corrected chi connectivity index (χ0v) is 45.5. The third-order valence-electron chi connectivity index (χ3n) is 12.2. The van der Waals surface area contributed by atoms with E-state index in [1.807, 2.05) is 0 Å². The Kier molecular flexibility index (Phi) is 37.6. The lowest BCUT2D eigenvalue weighted by atomic mass is 9.70. The van der Waals surface area contributed by atoms with Crippen LogP contribution in [-0.4, -0.2) is 201 Å². The topological polar surface area (TPSA) is 221 Å². The molecule has 0 amide bonds. The van der Waals surface area contributed by atoms with Gasteiger partial charge in [-0.2, -0.15) is 43.9 Å². The summed E-state index contributed by atoms with van der Waals surface area (Å²) in [5.41, 5.74) is -3.94. The number of carboxylic acids is 1. The first-order valence-corrected chi connectivity index (χ1v) is 26.2. The number of ether oxygens (including phenoxy) is 10. The second kappa shape index (κ2) is 39.2. The standard InChI is InChI=1S/C50H82F12O17/c1-5-44(3,42(68)79-33-16-64)35-38(39(65)66)36-45(4,43(69)78-32-14-46(53,54)48(57,58)50(61,62)49(59,60)47(55,56)41(51)52)34-37(2)40(67)77-31-13-30-76-29-12-28-75-27-11-26-74-25-10-24-73-23-9-22-72-21-8-20-71-19-7-18-70-17-6-15-63/h37-38,41,63-64H,5-36H2,1-4H3,(H,65,66). The maximum atomic E-state index is 14.6. The molecule has 0 radical (unpaired) electrons. The van der Waals surface area contributed by atoms with E-state index >= 15 is 0 Å². The van der Waals surface area contributed by atoms with Gasteiger partial charge < -0.3 is 62.7 Å². The van der Waals surface area contributed by atoms with E-state index in [-0.39, 0.29) is 39.3 Å². The zero-order valence-electron chi connectivity index (χ0n) is 45.5. The van der Waals surface area contributed by atoms with Crippen molar-refractivity contribution in [3.63, 3.8) is 0 Å². The molecule has 0 aromatic heterocycles. The minimum Gasteiger partial charge on any atom is -0.481 e. The second-order valence-corrected chi connectivity index (χ2v) is 19.1. The van der Waals surface area contributed by atoms with E-state index in [2.05, 4.69) is 4.74 Å². The van der Waals surface area contributed by atoms with Crippen LogP contribution in [-0.2, 0) is 66.5 Å². The summed E-state index contributed by atoms with van der Waals surface area (Å²) in [7, 11) is 0. The minimum atomic E-state index is -7.82. The molecule has 0 saturated heterocycles. The van der Waals surface area contributed by atoms with Crippen molar-refractivity contribution in [2.24, 2.45) is 22.7 Å².